The molecule has 5 aromatic rings. The van der Waals surface area contributed by atoms with Gasteiger partial charge in [-0.3, -0.25) is 4.79 Å². The van der Waals surface area contributed by atoms with Crippen LogP contribution in [0.3, 0.4) is 0 Å². The Balaban J connectivity index is 1.56. The number of fused-ring (bicyclic) bond motifs is 1. The number of ketones is 1. The molecule has 1 atom stereocenters. The van der Waals surface area contributed by atoms with Gasteiger partial charge in [-0.1, -0.05) is 85.6 Å². The number of aromatic amines is 1. The Hall–Kier alpha value is -4.42. The van der Waals surface area contributed by atoms with Crippen molar-refractivity contribution in [1.29, 1.82) is 0 Å². The van der Waals surface area contributed by atoms with Gasteiger partial charge >= 0.3 is 5.97 Å². The van der Waals surface area contributed by atoms with Crippen molar-refractivity contribution < 1.29 is 19.8 Å². The molecule has 0 aliphatic rings. The van der Waals surface area contributed by atoms with Crippen LogP contribution in [-0.2, 0) is 0 Å². The minimum Gasteiger partial charge on any atom is -0.506 e. The summed E-state index contributed by atoms with van der Waals surface area (Å²) in [4.78, 5) is 33.5. The van der Waals surface area contributed by atoms with Crippen molar-refractivity contribution in [2.24, 2.45) is 0 Å². The minimum absolute atomic E-state index is 0.0269. The Morgan fingerprint density at radius 3 is 2.44 bits per heavy atom. The Morgan fingerprint density at radius 2 is 1.72 bits per heavy atom. The summed E-state index contributed by atoms with van der Waals surface area (Å²) in [7, 11) is 0. The first-order chi connectivity index (χ1) is 18.9. The lowest BCUT2D eigenvalue weighted by atomic mass is 9.87. The van der Waals surface area contributed by atoms with E-state index in [2.05, 4.69) is 16.9 Å². The fourth-order valence-electron chi connectivity index (χ4n) is 5.05. The molecule has 196 valence electrons. The number of benzene rings is 4. The number of phenolic OH excluding ortho intramolecular Hbond substituents is 1. The van der Waals surface area contributed by atoms with E-state index in [-0.39, 0.29) is 29.4 Å². The number of aromatic nitrogens is 2. The van der Waals surface area contributed by atoms with Gasteiger partial charge in [0.25, 0.3) is 0 Å². The summed E-state index contributed by atoms with van der Waals surface area (Å²) in [5.74, 6) is -0.758. The molecule has 5 rings (SSSR count). The number of para-hydroxylation sites is 1. The number of Topliss-reactive ketones (excluding diaryl/α,β-unsaturated/α-hetero) is 1. The molecule has 0 fully saturated rings. The van der Waals surface area contributed by atoms with E-state index in [9.17, 15) is 19.8 Å². The normalized spacial score (nSPS) is 11.9. The number of hydrogen-bond donors (Lipinski definition) is 3. The van der Waals surface area contributed by atoms with Gasteiger partial charge in [-0.05, 0) is 47.7 Å². The van der Waals surface area contributed by atoms with Crippen molar-refractivity contribution in [1.82, 2.24) is 9.97 Å². The predicted octanol–water partition coefficient (Wildman–Crippen LogP) is 8.11. The van der Waals surface area contributed by atoms with Gasteiger partial charge < -0.3 is 15.2 Å². The van der Waals surface area contributed by atoms with Crippen LogP contribution in [0.4, 0.5) is 0 Å². The SMILES string of the molecule is CCC[C@@H](CC(=O)c1ccc(-c2c(Cl)cccc2-c2nc3c(O)cccc3[nH]2)c(C(=O)O)c1)c1ccccc1. The van der Waals surface area contributed by atoms with Crippen LogP contribution in [0.5, 0.6) is 5.75 Å². The fraction of sp³-hybridized carbons (Fsp3) is 0.156. The van der Waals surface area contributed by atoms with Gasteiger partial charge in [0.1, 0.15) is 17.1 Å². The zero-order chi connectivity index (χ0) is 27.5. The largest absolute Gasteiger partial charge is 0.506 e. The van der Waals surface area contributed by atoms with Gasteiger partial charge in [0.15, 0.2) is 5.78 Å². The molecule has 0 spiro atoms. The smallest absolute Gasteiger partial charge is 0.336 e. The molecule has 0 saturated heterocycles. The van der Waals surface area contributed by atoms with E-state index in [1.807, 2.05) is 30.3 Å². The van der Waals surface area contributed by atoms with E-state index < -0.39 is 5.97 Å². The zero-order valence-electron chi connectivity index (χ0n) is 21.3. The number of carboxylic acids is 1. The number of aromatic carboxylic acids is 1. The molecular weight excluding hydrogens is 512 g/mol. The third kappa shape index (κ3) is 5.29. The van der Waals surface area contributed by atoms with Crippen LogP contribution < -0.4 is 0 Å². The highest BCUT2D eigenvalue weighted by molar-refractivity contribution is 6.34. The summed E-state index contributed by atoms with van der Waals surface area (Å²) in [6.45, 7) is 2.09. The number of rotatable bonds is 9. The van der Waals surface area contributed by atoms with Crippen LogP contribution in [0, 0.1) is 0 Å². The molecule has 1 aromatic heterocycles. The van der Waals surface area contributed by atoms with E-state index in [4.69, 9.17) is 11.6 Å². The number of nitrogens with one attached hydrogen (secondary N) is 1. The van der Waals surface area contributed by atoms with Crippen LogP contribution in [0.15, 0.2) is 84.9 Å². The number of hydrogen-bond acceptors (Lipinski definition) is 4. The van der Waals surface area contributed by atoms with Crippen molar-refractivity contribution in [3.8, 4) is 28.3 Å². The van der Waals surface area contributed by atoms with Crippen LogP contribution in [0.1, 0.15) is 58.4 Å². The summed E-state index contributed by atoms with van der Waals surface area (Å²) in [5.41, 5.74) is 3.87. The Kier molecular flexibility index (Phi) is 7.48. The molecule has 0 unspecified atom stereocenters. The molecule has 0 radical (unpaired) electrons. The van der Waals surface area contributed by atoms with Gasteiger partial charge in [0.05, 0.1) is 11.1 Å². The van der Waals surface area contributed by atoms with Crippen LogP contribution in [0.25, 0.3) is 33.5 Å². The highest BCUT2D eigenvalue weighted by Crippen LogP contribution is 2.40. The molecule has 0 aliphatic carbocycles. The summed E-state index contributed by atoms with van der Waals surface area (Å²) in [5, 5.41) is 20.7. The van der Waals surface area contributed by atoms with Crippen molar-refractivity contribution in [3.63, 3.8) is 0 Å². The maximum Gasteiger partial charge on any atom is 0.336 e. The van der Waals surface area contributed by atoms with Crippen molar-refractivity contribution in [3.05, 3.63) is 107 Å². The Morgan fingerprint density at radius 1 is 0.949 bits per heavy atom. The van der Waals surface area contributed by atoms with Crippen LogP contribution in [-0.4, -0.2) is 31.9 Å². The topological polar surface area (TPSA) is 103 Å². The van der Waals surface area contributed by atoms with E-state index in [0.717, 1.165) is 18.4 Å². The number of imidazole rings is 1. The highest BCUT2D eigenvalue weighted by Gasteiger charge is 2.23. The lowest BCUT2D eigenvalue weighted by molar-refractivity contribution is 0.0697. The summed E-state index contributed by atoms with van der Waals surface area (Å²) in [6, 6.07) is 24.9. The van der Waals surface area contributed by atoms with E-state index in [1.165, 1.54) is 6.07 Å². The highest BCUT2D eigenvalue weighted by atomic mass is 35.5. The molecule has 4 aromatic carbocycles. The molecular formula is C32H27ClN2O4. The van der Waals surface area contributed by atoms with E-state index in [1.54, 1.807) is 48.5 Å². The van der Waals surface area contributed by atoms with Crippen molar-refractivity contribution in [2.75, 3.05) is 0 Å². The first-order valence-corrected chi connectivity index (χ1v) is 13.2. The maximum absolute atomic E-state index is 13.4. The molecule has 0 amide bonds. The van der Waals surface area contributed by atoms with Crippen LogP contribution in [0.2, 0.25) is 5.02 Å². The number of carboxylic acid groups (broad SMARTS) is 1. The lowest BCUT2D eigenvalue weighted by Gasteiger charge is -2.17. The standard InChI is InChI=1S/C32H27ClN2O4/c1-2-8-20(19-9-4-3-5-10-19)18-28(37)21-15-16-22(24(17-21)32(38)39)29-23(11-6-12-25(29)33)31-34-26-13-7-14-27(36)30(26)35-31/h3-7,9-17,20,36H,2,8,18H2,1H3,(H,34,35)(H,38,39)/t20-/m0/s1. The van der Waals surface area contributed by atoms with E-state index in [0.29, 0.717) is 44.1 Å². The second kappa shape index (κ2) is 11.1. The van der Waals surface area contributed by atoms with Gasteiger partial charge in [0, 0.05) is 28.1 Å². The van der Waals surface area contributed by atoms with Crippen LogP contribution >= 0.6 is 11.6 Å². The van der Waals surface area contributed by atoms with Gasteiger partial charge in [0.2, 0.25) is 0 Å². The summed E-state index contributed by atoms with van der Waals surface area (Å²) in [6.07, 6.45) is 2.08. The molecule has 0 bridgehead atoms. The molecule has 0 saturated carbocycles. The summed E-state index contributed by atoms with van der Waals surface area (Å²) >= 11 is 6.64. The zero-order valence-corrected chi connectivity index (χ0v) is 22.1. The molecule has 6 nitrogen and oxygen atoms in total. The third-order valence-electron chi connectivity index (χ3n) is 6.94. The Bertz CT molecular complexity index is 1680. The maximum atomic E-state index is 13.4. The van der Waals surface area contributed by atoms with E-state index >= 15 is 0 Å². The average molecular weight is 539 g/mol. The van der Waals surface area contributed by atoms with Gasteiger partial charge in [-0.2, -0.15) is 0 Å². The molecule has 0 aliphatic heterocycles. The fourth-order valence-corrected chi connectivity index (χ4v) is 5.33. The number of phenols is 1. The van der Waals surface area contributed by atoms with Gasteiger partial charge in [-0.25, -0.2) is 9.78 Å². The first-order valence-electron chi connectivity index (χ1n) is 12.8. The molecule has 1 heterocycles. The number of halogens is 1. The number of carbonyl (C=O) groups excluding carboxylic acids is 1. The first kappa shape index (κ1) is 26.2. The third-order valence-corrected chi connectivity index (χ3v) is 7.26. The van der Waals surface area contributed by atoms with Crippen molar-refractivity contribution in [2.45, 2.75) is 32.1 Å². The van der Waals surface area contributed by atoms with Gasteiger partial charge in [-0.15, -0.1) is 0 Å². The van der Waals surface area contributed by atoms with Crippen molar-refractivity contribution >= 4 is 34.4 Å². The second-order valence-corrected chi connectivity index (χ2v) is 9.92. The second-order valence-electron chi connectivity index (χ2n) is 9.51. The number of aromatic hydroxyl groups is 1. The number of carbonyl (C=O) groups is 2. The predicted molar refractivity (Wildman–Crippen MR) is 154 cm³/mol. The average Bonchev–Trinajstić information content (AvgIpc) is 3.38. The minimum atomic E-state index is -1.17. The number of nitrogens with zero attached hydrogens (tertiary/aromatic N) is 1. The quantitative estimate of drug-likeness (QED) is 0.164. The Labute approximate surface area is 230 Å². The monoisotopic (exact) mass is 538 g/mol. The molecule has 39 heavy (non-hydrogen) atoms. The number of H-pyrrole nitrogens is 1. The lowest BCUT2D eigenvalue weighted by Crippen LogP contribution is -2.10. The molecule has 3 N–H and O–H groups in total. The summed E-state index contributed by atoms with van der Waals surface area (Å²) < 4.78 is 0. The molecule has 7 heteroatoms.